The highest BCUT2D eigenvalue weighted by molar-refractivity contribution is 5.89. The van der Waals surface area contributed by atoms with E-state index in [1.54, 1.807) is 0 Å². The van der Waals surface area contributed by atoms with Crippen molar-refractivity contribution in [3.8, 4) is 0 Å². The normalized spacial score (nSPS) is 13.2. The smallest absolute Gasteiger partial charge is 0.326 e. The maximum absolute atomic E-state index is 11.5. The second-order valence-corrected chi connectivity index (χ2v) is 3.75. The molecule has 0 bridgehead atoms. The molecule has 0 rings (SSSR count). The van der Waals surface area contributed by atoms with Crippen molar-refractivity contribution < 1.29 is 29.4 Å². The molecule has 0 fully saturated rings. The summed E-state index contributed by atoms with van der Waals surface area (Å²) in [5, 5.41) is 21.7. The summed E-state index contributed by atoms with van der Waals surface area (Å²) in [7, 11) is 0. The molecule has 2 amide bonds. The third-order valence-electron chi connectivity index (χ3n) is 2.07. The topological polar surface area (TPSA) is 133 Å². The van der Waals surface area contributed by atoms with Gasteiger partial charge in [-0.05, 0) is 13.3 Å². The van der Waals surface area contributed by atoms with Crippen LogP contribution in [-0.4, -0.2) is 46.0 Å². The van der Waals surface area contributed by atoms with Crippen molar-refractivity contribution in [3.63, 3.8) is 0 Å². The molecule has 0 aliphatic carbocycles. The molecule has 0 unspecified atom stereocenters. The van der Waals surface area contributed by atoms with Gasteiger partial charge in [0.05, 0.1) is 0 Å². The molecule has 2 atom stereocenters. The minimum atomic E-state index is -1.32. The second-order valence-electron chi connectivity index (χ2n) is 3.75. The monoisotopic (exact) mass is 260 g/mol. The highest BCUT2D eigenvalue weighted by Crippen LogP contribution is 1.99. The number of aliphatic carboxylic acids is 2. The van der Waals surface area contributed by atoms with E-state index in [1.807, 2.05) is 0 Å². The van der Waals surface area contributed by atoms with Crippen molar-refractivity contribution >= 4 is 23.8 Å². The van der Waals surface area contributed by atoms with Gasteiger partial charge in [0.2, 0.25) is 11.8 Å². The van der Waals surface area contributed by atoms with Crippen LogP contribution >= 0.6 is 0 Å². The maximum atomic E-state index is 11.5. The summed E-state index contributed by atoms with van der Waals surface area (Å²) in [6, 6.07) is -2.17. The molecule has 0 spiro atoms. The molecular formula is C10H16N2O6. The van der Waals surface area contributed by atoms with E-state index < -0.39 is 35.8 Å². The summed E-state index contributed by atoms with van der Waals surface area (Å²) < 4.78 is 0. The summed E-state index contributed by atoms with van der Waals surface area (Å²) in [4.78, 5) is 43.3. The van der Waals surface area contributed by atoms with Gasteiger partial charge in [0.15, 0.2) is 0 Å². The van der Waals surface area contributed by atoms with Gasteiger partial charge in [0.25, 0.3) is 0 Å². The molecule has 0 saturated heterocycles. The first-order chi connectivity index (χ1) is 8.23. The average Bonchev–Trinajstić information content (AvgIpc) is 2.21. The first-order valence-electron chi connectivity index (χ1n) is 5.26. The third kappa shape index (κ3) is 6.46. The zero-order chi connectivity index (χ0) is 14.3. The van der Waals surface area contributed by atoms with E-state index >= 15 is 0 Å². The Balaban J connectivity index is 4.40. The Labute approximate surface area is 103 Å². The number of carboxylic acids is 2. The molecule has 4 N–H and O–H groups in total. The van der Waals surface area contributed by atoms with Gasteiger partial charge < -0.3 is 20.8 Å². The number of carbonyl (C=O) groups excluding carboxylic acids is 2. The molecule has 8 nitrogen and oxygen atoms in total. The van der Waals surface area contributed by atoms with Crippen LogP contribution < -0.4 is 10.6 Å². The summed E-state index contributed by atoms with van der Waals surface area (Å²) in [5.41, 5.74) is 0. The molecule has 0 saturated carbocycles. The molecule has 0 aliphatic rings. The molecule has 0 aromatic rings. The van der Waals surface area contributed by atoms with Crippen LogP contribution in [0.2, 0.25) is 0 Å². The van der Waals surface area contributed by atoms with Crippen LogP contribution in [0.3, 0.4) is 0 Å². The lowest BCUT2D eigenvalue weighted by atomic mass is 10.1. The van der Waals surface area contributed by atoms with E-state index in [0.717, 1.165) is 0 Å². The number of amides is 2. The summed E-state index contributed by atoms with van der Waals surface area (Å²) in [6.07, 6.45) is -0.588. The molecular weight excluding hydrogens is 244 g/mol. The van der Waals surface area contributed by atoms with Crippen LogP contribution in [-0.2, 0) is 19.2 Å². The molecule has 18 heavy (non-hydrogen) atoms. The van der Waals surface area contributed by atoms with Crippen molar-refractivity contribution in [2.45, 2.75) is 38.8 Å². The SMILES string of the molecule is CC(=O)N[C@H](C)C(=O)N[C@H](CCC(=O)O)C(=O)O. The first-order valence-corrected chi connectivity index (χ1v) is 5.26. The fraction of sp³-hybridized carbons (Fsp3) is 0.600. The molecule has 0 aliphatic heterocycles. The van der Waals surface area contributed by atoms with E-state index in [1.165, 1.54) is 13.8 Å². The lowest BCUT2D eigenvalue weighted by Crippen LogP contribution is -2.50. The van der Waals surface area contributed by atoms with Gasteiger partial charge in [-0.25, -0.2) is 4.79 Å². The minimum absolute atomic E-state index is 0.219. The zero-order valence-corrected chi connectivity index (χ0v) is 10.1. The van der Waals surface area contributed by atoms with E-state index in [0.29, 0.717) is 0 Å². The Morgan fingerprint density at radius 3 is 2.06 bits per heavy atom. The fourth-order valence-electron chi connectivity index (χ4n) is 1.19. The fourth-order valence-corrected chi connectivity index (χ4v) is 1.19. The third-order valence-corrected chi connectivity index (χ3v) is 2.07. The first kappa shape index (κ1) is 15.9. The summed E-state index contributed by atoms with van der Waals surface area (Å²) in [6.45, 7) is 2.62. The van der Waals surface area contributed by atoms with Gasteiger partial charge in [0.1, 0.15) is 12.1 Å². The van der Waals surface area contributed by atoms with Crippen LogP contribution in [0.15, 0.2) is 0 Å². The summed E-state index contributed by atoms with van der Waals surface area (Å²) in [5.74, 6) is -3.57. The van der Waals surface area contributed by atoms with E-state index in [4.69, 9.17) is 10.2 Å². The van der Waals surface area contributed by atoms with Crippen molar-refractivity contribution in [1.29, 1.82) is 0 Å². The van der Waals surface area contributed by atoms with Crippen molar-refractivity contribution in [1.82, 2.24) is 10.6 Å². The molecule has 0 heterocycles. The lowest BCUT2D eigenvalue weighted by Gasteiger charge is -2.17. The van der Waals surface area contributed by atoms with Gasteiger partial charge >= 0.3 is 11.9 Å². The Bertz CT molecular complexity index is 354. The Kier molecular flexibility index (Phi) is 6.40. The van der Waals surface area contributed by atoms with Crippen molar-refractivity contribution in [2.24, 2.45) is 0 Å². The standard InChI is InChI=1S/C10H16N2O6/c1-5(11-6(2)13)9(16)12-7(10(17)18)3-4-8(14)15/h5,7H,3-4H2,1-2H3,(H,11,13)(H,12,16)(H,14,15)(H,17,18)/t5-,7-/m1/s1. The van der Waals surface area contributed by atoms with Crippen LogP contribution in [0.4, 0.5) is 0 Å². The number of rotatable bonds is 7. The largest absolute Gasteiger partial charge is 0.481 e. The quantitative estimate of drug-likeness (QED) is 0.461. The Morgan fingerprint density at radius 2 is 1.67 bits per heavy atom. The van der Waals surface area contributed by atoms with Gasteiger partial charge in [-0.15, -0.1) is 0 Å². The Morgan fingerprint density at radius 1 is 1.11 bits per heavy atom. The molecule has 0 radical (unpaired) electrons. The predicted molar refractivity (Wildman–Crippen MR) is 59.7 cm³/mol. The zero-order valence-electron chi connectivity index (χ0n) is 10.1. The van der Waals surface area contributed by atoms with Crippen molar-refractivity contribution in [2.75, 3.05) is 0 Å². The number of hydrogen-bond acceptors (Lipinski definition) is 4. The highest BCUT2D eigenvalue weighted by atomic mass is 16.4. The van der Waals surface area contributed by atoms with Crippen LogP contribution in [0.5, 0.6) is 0 Å². The van der Waals surface area contributed by atoms with Gasteiger partial charge in [-0.1, -0.05) is 0 Å². The number of carboxylic acid groups (broad SMARTS) is 2. The molecule has 0 aromatic carbocycles. The number of nitrogens with one attached hydrogen (secondary N) is 2. The average molecular weight is 260 g/mol. The van der Waals surface area contributed by atoms with Gasteiger partial charge in [-0.3, -0.25) is 14.4 Å². The number of hydrogen-bond donors (Lipinski definition) is 4. The van der Waals surface area contributed by atoms with Gasteiger partial charge in [0, 0.05) is 13.3 Å². The molecule has 8 heteroatoms. The second kappa shape index (κ2) is 7.25. The Hall–Kier alpha value is -2.12. The van der Waals surface area contributed by atoms with Crippen LogP contribution in [0, 0.1) is 0 Å². The summed E-state index contributed by atoms with van der Waals surface area (Å²) >= 11 is 0. The highest BCUT2D eigenvalue weighted by Gasteiger charge is 2.23. The van der Waals surface area contributed by atoms with Crippen LogP contribution in [0.25, 0.3) is 0 Å². The van der Waals surface area contributed by atoms with Crippen molar-refractivity contribution in [3.05, 3.63) is 0 Å². The van der Waals surface area contributed by atoms with E-state index in [-0.39, 0.29) is 12.8 Å². The minimum Gasteiger partial charge on any atom is -0.481 e. The maximum Gasteiger partial charge on any atom is 0.326 e. The molecule has 0 aromatic heterocycles. The lowest BCUT2D eigenvalue weighted by molar-refractivity contribution is -0.143. The predicted octanol–water partition coefficient (Wildman–Crippen LogP) is -1.05. The van der Waals surface area contributed by atoms with Crippen LogP contribution in [0.1, 0.15) is 26.7 Å². The van der Waals surface area contributed by atoms with E-state index in [9.17, 15) is 19.2 Å². The van der Waals surface area contributed by atoms with E-state index in [2.05, 4.69) is 10.6 Å². The van der Waals surface area contributed by atoms with Gasteiger partial charge in [-0.2, -0.15) is 0 Å². The number of carbonyl (C=O) groups is 4. The molecule has 102 valence electrons.